The molecular formula is C13H21FN2O3S. The zero-order valence-corrected chi connectivity index (χ0v) is 12.8. The number of benzene rings is 1. The Balaban J connectivity index is 2.87. The minimum Gasteiger partial charge on any atom is -0.380 e. The van der Waals surface area contributed by atoms with Crippen LogP contribution in [0.25, 0.3) is 0 Å². The number of sulfonamides is 1. The van der Waals surface area contributed by atoms with Crippen LogP contribution in [-0.2, 0) is 21.3 Å². The summed E-state index contributed by atoms with van der Waals surface area (Å²) in [5.74, 6) is -0.756. The van der Waals surface area contributed by atoms with Crippen molar-refractivity contribution in [2.75, 3.05) is 20.3 Å². The fourth-order valence-corrected chi connectivity index (χ4v) is 3.02. The Labute approximate surface area is 119 Å². The minimum absolute atomic E-state index is 0.245. The Bertz CT molecular complexity index is 534. The summed E-state index contributed by atoms with van der Waals surface area (Å²) in [6.07, 6.45) is 0. The van der Waals surface area contributed by atoms with Crippen molar-refractivity contribution in [3.8, 4) is 0 Å². The van der Waals surface area contributed by atoms with Crippen molar-refractivity contribution < 1.29 is 17.5 Å². The standard InChI is InChI=1S/C13H21FN2O3S/c1-4-19-9-10(2)16-20(17,18)13-6-5-11(8-15-3)7-12(13)14/h5-7,10,15-16H,4,8-9H2,1-3H3. The summed E-state index contributed by atoms with van der Waals surface area (Å²) in [4.78, 5) is -0.347. The summed E-state index contributed by atoms with van der Waals surface area (Å²) in [5, 5.41) is 2.88. The van der Waals surface area contributed by atoms with Crippen molar-refractivity contribution in [3.05, 3.63) is 29.6 Å². The Kier molecular flexibility index (Phi) is 6.54. The van der Waals surface area contributed by atoms with Crippen molar-refractivity contribution in [1.82, 2.24) is 10.0 Å². The molecular weight excluding hydrogens is 283 g/mol. The van der Waals surface area contributed by atoms with Gasteiger partial charge in [0, 0.05) is 19.2 Å². The first-order chi connectivity index (χ1) is 9.40. The largest absolute Gasteiger partial charge is 0.380 e. The number of hydrogen-bond acceptors (Lipinski definition) is 4. The molecule has 1 rings (SSSR count). The minimum atomic E-state index is -3.88. The van der Waals surface area contributed by atoms with Gasteiger partial charge in [0.25, 0.3) is 0 Å². The molecule has 1 unspecified atom stereocenters. The summed E-state index contributed by atoms with van der Waals surface area (Å²) in [6.45, 7) is 4.71. The highest BCUT2D eigenvalue weighted by molar-refractivity contribution is 7.89. The molecule has 0 aliphatic carbocycles. The fraction of sp³-hybridized carbons (Fsp3) is 0.538. The van der Waals surface area contributed by atoms with Crippen LogP contribution in [0, 0.1) is 5.82 Å². The third-order valence-corrected chi connectivity index (χ3v) is 4.22. The van der Waals surface area contributed by atoms with Crippen LogP contribution >= 0.6 is 0 Å². The maximum Gasteiger partial charge on any atom is 0.243 e. The lowest BCUT2D eigenvalue weighted by atomic mass is 10.2. The van der Waals surface area contributed by atoms with Gasteiger partial charge in [-0.05, 0) is 38.6 Å². The molecule has 0 bridgehead atoms. The maximum absolute atomic E-state index is 13.9. The topological polar surface area (TPSA) is 67.4 Å². The van der Waals surface area contributed by atoms with Gasteiger partial charge in [0.2, 0.25) is 10.0 Å². The highest BCUT2D eigenvalue weighted by Crippen LogP contribution is 2.16. The molecule has 2 N–H and O–H groups in total. The summed E-state index contributed by atoms with van der Waals surface area (Å²) in [5.41, 5.74) is 0.686. The van der Waals surface area contributed by atoms with E-state index in [1.165, 1.54) is 12.1 Å². The maximum atomic E-state index is 13.9. The Morgan fingerprint density at radius 1 is 1.40 bits per heavy atom. The molecule has 0 fully saturated rings. The first kappa shape index (κ1) is 17.0. The van der Waals surface area contributed by atoms with Gasteiger partial charge in [-0.2, -0.15) is 0 Å². The van der Waals surface area contributed by atoms with E-state index >= 15 is 0 Å². The SMILES string of the molecule is CCOCC(C)NS(=O)(=O)c1ccc(CNC)cc1F. The van der Waals surface area contributed by atoms with Crippen LogP contribution in [0.3, 0.4) is 0 Å². The molecule has 0 aliphatic rings. The summed E-state index contributed by atoms with van der Waals surface area (Å²) >= 11 is 0. The van der Waals surface area contributed by atoms with E-state index in [2.05, 4.69) is 10.0 Å². The molecule has 20 heavy (non-hydrogen) atoms. The number of nitrogens with one attached hydrogen (secondary N) is 2. The third kappa shape index (κ3) is 4.82. The van der Waals surface area contributed by atoms with E-state index in [1.54, 1.807) is 20.0 Å². The molecule has 0 saturated heterocycles. The first-order valence-electron chi connectivity index (χ1n) is 6.43. The molecule has 1 aromatic carbocycles. The molecule has 114 valence electrons. The zero-order valence-electron chi connectivity index (χ0n) is 11.9. The van der Waals surface area contributed by atoms with Gasteiger partial charge in [-0.3, -0.25) is 0 Å². The van der Waals surface area contributed by atoms with Gasteiger partial charge in [0.1, 0.15) is 10.7 Å². The number of halogens is 1. The Hall–Kier alpha value is -1.02. The summed E-state index contributed by atoms with van der Waals surface area (Å²) < 4.78 is 45.6. The van der Waals surface area contributed by atoms with Crippen LogP contribution in [0.2, 0.25) is 0 Å². The molecule has 1 atom stereocenters. The molecule has 5 nitrogen and oxygen atoms in total. The van der Waals surface area contributed by atoms with Crippen LogP contribution < -0.4 is 10.0 Å². The molecule has 7 heteroatoms. The van der Waals surface area contributed by atoms with Crippen LogP contribution in [0.1, 0.15) is 19.4 Å². The van der Waals surface area contributed by atoms with Crippen molar-refractivity contribution in [2.45, 2.75) is 31.3 Å². The Morgan fingerprint density at radius 3 is 2.65 bits per heavy atom. The van der Waals surface area contributed by atoms with Gasteiger partial charge in [-0.15, -0.1) is 0 Å². The molecule has 0 aliphatic heterocycles. The number of hydrogen-bond donors (Lipinski definition) is 2. The van der Waals surface area contributed by atoms with E-state index in [-0.39, 0.29) is 11.5 Å². The molecule has 0 heterocycles. The lowest BCUT2D eigenvalue weighted by molar-refractivity contribution is 0.133. The lowest BCUT2D eigenvalue weighted by Crippen LogP contribution is -2.36. The van der Waals surface area contributed by atoms with Crippen LogP contribution in [0.5, 0.6) is 0 Å². The molecule has 0 spiro atoms. The second-order valence-corrected chi connectivity index (χ2v) is 6.16. The van der Waals surface area contributed by atoms with Crippen LogP contribution in [0.4, 0.5) is 4.39 Å². The van der Waals surface area contributed by atoms with Gasteiger partial charge in [0.05, 0.1) is 6.61 Å². The summed E-state index contributed by atoms with van der Waals surface area (Å²) in [7, 11) is -2.14. The normalized spacial score (nSPS) is 13.4. The van der Waals surface area contributed by atoms with E-state index in [1.807, 2.05) is 6.92 Å². The molecule has 0 amide bonds. The van der Waals surface area contributed by atoms with E-state index < -0.39 is 21.9 Å². The van der Waals surface area contributed by atoms with Gasteiger partial charge in [-0.1, -0.05) is 6.07 Å². The predicted molar refractivity (Wildman–Crippen MR) is 75.4 cm³/mol. The number of rotatable bonds is 8. The highest BCUT2D eigenvalue weighted by atomic mass is 32.2. The smallest absolute Gasteiger partial charge is 0.243 e. The monoisotopic (exact) mass is 304 g/mol. The average Bonchev–Trinajstić information content (AvgIpc) is 2.36. The Morgan fingerprint density at radius 2 is 2.10 bits per heavy atom. The van der Waals surface area contributed by atoms with Gasteiger partial charge in [0.15, 0.2) is 0 Å². The van der Waals surface area contributed by atoms with Crippen molar-refractivity contribution in [2.24, 2.45) is 0 Å². The van der Waals surface area contributed by atoms with Gasteiger partial charge >= 0.3 is 0 Å². The van der Waals surface area contributed by atoms with E-state index in [0.717, 1.165) is 0 Å². The predicted octanol–water partition coefficient (Wildman–Crippen LogP) is 1.25. The molecule has 0 aromatic heterocycles. The second kappa shape index (κ2) is 7.68. The second-order valence-electron chi connectivity index (χ2n) is 4.48. The zero-order chi connectivity index (χ0) is 15.2. The third-order valence-electron chi connectivity index (χ3n) is 2.60. The van der Waals surface area contributed by atoms with E-state index in [9.17, 15) is 12.8 Å². The fourth-order valence-electron chi connectivity index (χ4n) is 1.73. The van der Waals surface area contributed by atoms with Gasteiger partial charge < -0.3 is 10.1 Å². The van der Waals surface area contributed by atoms with Crippen molar-refractivity contribution >= 4 is 10.0 Å². The van der Waals surface area contributed by atoms with E-state index in [0.29, 0.717) is 18.7 Å². The lowest BCUT2D eigenvalue weighted by Gasteiger charge is -2.14. The van der Waals surface area contributed by atoms with Crippen LogP contribution in [0.15, 0.2) is 23.1 Å². The molecule has 1 aromatic rings. The van der Waals surface area contributed by atoms with Crippen molar-refractivity contribution in [3.63, 3.8) is 0 Å². The quantitative estimate of drug-likeness (QED) is 0.758. The van der Waals surface area contributed by atoms with Crippen molar-refractivity contribution in [1.29, 1.82) is 0 Å². The van der Waals surface area contributed by atoms with Crippen LogP contribution in [-0.4, -0.2) is 34.7 Å². The summed E-state index contributed by atoms with van der Waals surface area (Å²) in [6, 6.07) is 3.66. The first-order valence-corrected chi connectivity index (χ1v) is 7.92. The molecule has 0 radical (unpaired) electrons. The van der Waals surface area contributed by atoms with Gasteiger partial charge in [-0.25, -0.2) is 17.5 Å². The van der Waals surface area contributed by atoms with E-state index in [4.69, 9.17) is 4.74 Å². The molecule has 0 saturated carbocycles. The number of ether oxygens (including phenoxy) is 1. The highest BCUT2D eigenvalue weighted by Gasteiger charge is 2.21. The average molecular weight is 304 g/mol.